The number of amides is 1. The summed E-state index contributed by atoms with van der Waals surface area (Å²) in [6.07, 6.45) is 0.244. The maximum Gasteiger partial charge on any atom is 0.270 e. The van der Waals surface area contributed by atoms with E-state index < -0.39 is 4.92 Å². The molecule has 0 N–H and O–H groups in total. The third kappa shape index (κ3) is 3.52. The Morgan fingerprint density at radius 2 is 2.21 bits per heavy atom. The molecule has 0 aromatic heterocycles. The fraction of sp³-hybridized carbons (Fsp3) is 0.385. The molecule has 6 heteroatoms. The smallest absolute Gasteiger partial charge is 0.270 e. The monoisotopic (exact) mass is 261 g/mol. The second kappa shape index (κ2) is 6.50. The second-order valence-electron chi connectivity index (χ2n) is 4.05. The Balaban J connectivity index is 3.06. The fourth-order valence-corrected chi connectivity index (χ4v) is 1.71. The van der Waals surface area contributed by atoms with Gasteiger partial charge in [-0.1, -0.05) is 6.07 Å². The summed E-state index contributed by atoms with van der Waals surface area (Å²) < 4.78 is 0. The minimum atomic E-state index is -0.526. The summed E-state index contributed by atoms with van der Waals surface area (Å²) in [5.41, 5.74) is 0.894. The highest BCUT2D eigenvalue weighted by Crippen LogP contribution is 2.19. The first kappa shape index (κ1) is 14.6. The topological polar surface area (TPSA) is 87.2 Å². The van der Waals surface area contributed by atoms with E-state index >= 15 is 0 Å². The lowest BCUT2D eigenvalue weighted by molar-refractivity contribution is -0.384. The molecule has 0 aliphatic carbocycles. The largest absolute Gasteiger partial charge is 0.338 e. The van der Waals surface area contributed by atoms with Crippen molar-refractivity contribution in [3.05, 3.63) is 39.4 Å². The maximum atomic E-state index is 12.3. The van der Waals surface area contributed by atoms with Gasteiger partial charge in [0.25, 0.3) is 11.6 Å². The van der Waals surface area contributed by atoms with Gasteiger partial charge in [0.05, 0.1) is 17.4 Å². The summed E-state index contributed by atoms with van der Waals surface area (Å²) in [5, 5.41) is 19.3. The number of aryl methyl sites for hydroxylation is 1. The molecule has 0 saturated heterocycles. The van der Waals surface area contributed by atoms with Gasteiger partial charge in [0, 0.05) is 30.8 Å². The Morgan fingerprint density at radius 1 is 1.53 bits per heavy atom. The van der Waals surface area contributed by atoms with Crippen molar-refractivity contribution in [1.82, 2.24) is 4.90 Å². The lowest BCUT2D eigenvalue weighted by Crippen LogP contribution is -2.32. The number of nitriles is 1. The maximum absolute atomic E-state index is 12.3. The normalized spacial score (nSPS) is 9.74. The third-order valence-electron chi connectivity index (χ3n) is 2.82. The van der Waals surface area contributed by atoms with Crippen LogP contribution in [0.2, 0.25) is 0 Å². The van der Waals surface area contributed by atoms with Crippen LogP contribution in [-0.2, 0) is 0 Å². The van der Waals surface area contributed by atoms with Gasteiger partial charge in [-0.05, 0) is 19.4 Å². The van der Waals surface area contributed by atoms with Crippen molar-refractivity contribution in [3.8, 4) is 6.07 Å². The van der Waals surface area contributed by atoms with Crippen LogP contribution in [0.3, 0.4) is 0 Å². The molecule has 0 spiro atoms. The molecule has 0 radical (unpaired) electrons. The van der Waals surface area contributed by atoms with Crippen LogP contribution in [0.4, 0.5) is 5.69 Å². The Hall–Kier alpha value is -2.42. The van der Waals surface area contributed by atoms with Crippen LogP contribution in [0.25, 0.3) is 0 Å². The van der Waals surface area contributed by atoms with Crippen LogP contribution in [0, 0.1) is 28.4 Å². The van der Waals surface area contributed by atoms with Crippen molar-refractivity contribution in [2.24, 2.45) is 0 Å². The van der Waals surface area contributed by atoms with Crippen LogP contribution in [-0.4, -0.2) is 28.8 Å². The number of carbonyl (C=O) groups excluding carboxylic acids is 1. The van der Waals surface area contributed by atoms with E-state index in [9.17, 15) is 14.9 Å². The summed E-state index contributed by atoms with van der Waals surface area (Å²) in [6, 6.07) is 6.20. The average molecular weight is 261 g/mol. The van der Waals surface area contributed by atoms with Crippen LogP contribution < -0.4 is 0 Å². The molecule has 0 unspecified atom stereocenters. The van der Waals surface area contributed by atoms with Crippen molar-refractivity contribution in [2.75, 3.05) is 13.1 Å². The Labute approximate surface area is 111 Å². The number of non-ortho nitro benzene ring substituents is 1. The molecule has 0 bridgehead atoms. The molecule has 0 aliphatic rings. The van der Waals surface area contributed by atoms with Gasteiger partial charge in [-0.3, -0.25) is 14.9 Å². The number of nitrogens with zero attached hydrogens (tertiary/aromatic N) is 3. The van der Waals surface area contributed by atoms with Crippen LogP contribution in [0.1, 0.15) is 29.3 Å². The molecular formula is C13H15N3O3. The van der Waals surface area contributed by atoms with E-state index in [0.29, 0.717) is 24.2 Å². The first-order chi connectivity index (χ1) is 9.01. The van der Waals surface area contributed by atoms with Gasteiger partial charge in [-0.15, -0.1) is 0 Å². The number of rotatable bonds is 5. The van der Waals surface area contributed by atoms with Crippen LogP contribution in [0.5, 0.6) is 0 Å². The molecule has 0 aliphatic heterocycles. The number of carbonyl (C=O) groups is 1. The van der Waals surface area contributed by atoms with E-state index in [0.717, 1.165) is 0 Å². The molecule has 19 heavy (non-hydrogen) atoms. The zero-order chi connectivity index (χ0) is 14.4. The molecule has 0 heterocycles. The second-order valence-corrected chi connectivity index (χ2v) is 4.05. The number of hydrogen-bond donors (Lipinski definition) is 0. The summed E-state index contributed by atoms with van der Waals surface area (Å²) in [5.74, 6) is -0.279. The summed E-state index contributed by atoms with van der Waals surface area (Å²) in [4.78, 5) is 24.0. The number of benzene rings is 1. The van der Waals surface area contributed by atoms with Crippen molar-refractivity contribution in [1.29, 1.82) is 5.26 Å². The minimum Gasteiger partial charge on any atom is -0.338 e. The summed E-state index contributed by atoms with van der Waals surface area (Å²) in [6.45, 7) is 4.33. The highest BCUT2D eigenvalue weighted by atomic mass is 16.6. The van der Waals surface area contributed by atoms with Gasteiger partial charge >= 0.3 is 0 Å². The van der Waals surface area contributed by atoms with Crippen molar-refractivity contribution < 1.29 is 9.72 Å². The van der Waals surface area contributed by atoms with Crippen LogP contribution in [0.15, 0.2) is 18.2 Å². The van der Waals surface area contributed by atoms with E-state index in [1.54, 1.807) is 13.0 Å². The van der Waals surface area contributed by atoms with Crippen LogP contribution >= 0.6 is 0 Å². The number of nitro benzene ring substituents is 1. The van der Waals surface area contributed by atoms with Gasteiger partial charge in [0.15, 0.2) is 0 Å². The van der Waals surface area contributed by atoms with E-state index in [4.69, 9.17) is 5.26 Å². The zero-order valence-corrected chi connectivity index (χ0v) is 10.9. The first-order valence-electron chi connectivity index (χ1n) is 5.92. The lowest BCUT2D eigenvalue weighted by Gasteiger charge is -2.20. The standard InChI is InChI=1S/C13H15N3O3/c1-3-15(8-4-7-14)13(17)12-9-11(16(18)19)6-5-10(12)2/h5-6,9H,3-4,8H2,1-2H3. The predicted octanol–water partition coefficient (Wildman–Crippen LogP) is 2.28. The predicted molar refractivity (Wildman–Crippen MR) is 69.6 cm³/mol. The van der Waals surface area contributed by atoms with Gasteiger partial charge in [0.2, 0.25) is 0 Å². The average Bonchev–Trinajstić information content (AvgIpc) is 2.39. The zero-order valence-electron chi connectivity index (χ0n) is 10.9. The fourth-order valence-electron chi connectivity index (χ4n) is 1.71. The van der Waals surface area contributed by atoms with E-state index in [1.807, 2.05) is 13.0 Å². The summed E-state index contributed by atoms with van der Waals surface area (Å²) >= 11 is 0. The van der Waals surface area contributed by atoms with Crippen molar-refractivity contribution in [2.45, 2.75) is 20.3 Å². The summed E-state index contributed by atoms with van der Waals surface area (Å²) in [7, 11) is 0. The molecule has 6 nitrogen and oxygen atoms in total. The number of nitro groups is 1. The Kier molecular flexibility index (Phi) is 5.01. The minimum absolute atomic E-state index is 0.106. The van der Waals surface area contributed by atoms with Crippen molar-refractivity contribution >= 4 is 11.6 Å². The molecule has 100 valence electrons. The van der Waals surface area contributed by atoms with E-state index in [2.05, 4.69) is 0 Å². The van der Waals surface area contributed by atoms with Gasteiger partial charge in [-0.2, -0.15) is 5.26 Å². The van der Waals surface area contributed by atoms with Gasteiger partial charge < -0.3 is 4.90 Å². The first-order valence-corrected chi connectivity index (χ1v) is 5.92. The molecule has 0 atom stereocenters. The molecular weight excluding hydrogens is 246 g/mol. The Bertz CT molecular complexity index is 534. The number of hydrogen-bond acceptors (Lipinski definition) is 4. The lowest BCUT2D eigenvalue weighted by atomic mass is 10.1. The molecule has 1 rings (SSSR count). The highest BCUT2D eigenvalue weighted by Gasteiger charge is 2.19. The molecule has 1 amide bonds. The van der Waals surface area contributed by atoms with E-state index in [1.165, 1.54) is 17.0 Å². The van der Waals surface area contributed by atoms with Crippen molar-refractivity contribution in [3.63, 3.8) is 0 Å². The quantitative estimate of drug-likeness (QED) is 0.601. The Morgan fingerprint density at radius 3 is 2.74 bits per heavy atom. The SMILES string of the molecule is CCN(CCC#N)C(=O)c1cc([N+](=O)[O-])ccc1C. The molecule has 1 aromatic carbocycles. The van der Waals surface area contributed by atoms with Gasteiger partial charge in [-0.25, -0.2) is 0 Å². The highest BCUT2D eigenvalue weighted by molar-refractivity contribution is 5.96. The van der Waals surface area contributed by atoms with Gasteiger partial charge in [0.1, 0.15) is 0 Å². The molecule has 0 fully saturated rings. The van der Waals surface area contributed by atoms with E-state index in [-0.39, 0.29) is 18.0 Å². The molecule has 0 saturated carbocycles. The molecule has 1 aromatic rings. The third-order valence-corrected chi connectivity index (χ3v) is 2.82.